The van der Waals surface area contributed by atoms with Gasteiger partial charge in [0.05, 0.1) is 0 Å². The van der Waals surface area contributed by atoms with Crippen molar-refractivity contribution in [3.63, 3.8) is 0 Å². The second kappa shape index (κ2) is 10.2. The zero-order valence-electron chi connectivity index (χ0n) is 17.7. The molecule has 5 heteroatoms. The van der Waals surface area contributed by atoms with Crippen LogP contribution in [0.5, 0.6) is 0 Å². The van der Waals surface area contributed by atoms with Gasteiger partial charge in [-0.15, -0.1) is 0 Å². The van der Waals surface area contributed by atoms with Crippen molar-refractivity contribution in [2.75, 3.05) is 11.0 Å². The first-order chi connectivity index (χ1) is 14.4. The summed E-state index contributed by atoms with van der Waals surface area (Å²) in [5.41, 5.74) is 3.34. The first kappa shape index (κ1) is 22.4. The van der Waals surface area contributed by atoms with Gasteiger partial charge < -0.3 is 0 Å². The molecular weight excluding hydrogens is 489 g/mol. The van der Waals surface area contributed by atoms with E-state index in [1.165, 1.54) is 3.58 Å². The number of ketones is 1. The molecule has 0 N–H and O–H groups in total. The minimum atomic E-state index is -0.391. The second-order valence-corrected chi connectivity index (χ2v) is 10.9. The topological polar surface area (TPSA) is 55.7 Å². The summed E-state index contributed by atoms with van der Waals surface area (Å²) in [4.78, 5) is 29.1. The number of carbonyl (C=O) groups is 2. The van der Waals surface area contributed by atoms with Crippen molar-refractivity contribution in [1.82, 2.24) is 0 Å². The Balaban J connectivity index is 1.74. The maximum absolute atomic E-state index is 12.6. The van der Waals surface area contributed by atoms with Crippen LogP contribution in [0.15, 0.2) is 69.2 Å². The summed E-state index contributed by atoms with van der Waals surface area (Å²) >= 11 is -0.391. The minimum absolute atomic E-state index is 0.0134. The SMILES string of the molecule is CCOC(=O)C[I-]C1=CC(=Nc2ccc(C(=O)c3ccccc3)cc2)CC(C)(C)C1. The number of nitrogens with zero attached hydrogens (tertiary/aromatic N) is 1. The third-order valence-electron chi connectivity index (χ3n) is 4.72. The third kappa shape index (κ3) is 6.36. The number of esters is 1. The first-order valence-electron chi connectivity index (χ1n) is 10.1. The number of carbonyl (C=O) groups excluding carboxylic acids is 2. The predicted molar refractivity (Wildman–Crippen MR) is 116 cm³/mol. The van der Waals surface area contributed by atoms with E-state index in [9.17, 15) is 9.59 Å². The Kier molecular flexibility index (Phi) is 7.58. The molecule has 0 spiro atoms. The number of rotatable bonds is 7. The first-order valence-corrected chi connectivity index (χ1v) is 12.7. The summed E-state index contributed by atoms with van der Waals surface area (Å²) < 4.78 is 6.93. The van der Waals surface area contributed by atoms with Crippen LogP contribution in [0.4, 0.5) is 5.69 Å². The molecule has 30 heavy (non-hydrogen) atoms. The molecule has 2 aromatic rings. The Hall–Kier alpha value is -2.28. The summed E-state index contributed by atoms with van der Waals surface area (Å²) in [5.74, 6) is -0.0914. The molecule has 0 bridgehead atoms. The van der Waals surface area contributed by atoms with Gasteiger partial charge in [0, 0.05) is 0 Å². The molecule has 158 valence electrons. The normalized spacial score (nSPS) is 16.9. The number of allylic oxidation sites excluding steroid dienone is 2. The number of alkyl halides is 1. The third-order valence-corrected chi connectivity index (χ3v) is 7.40. The van der Waals surface area contributed by atoms with Crippen LogP contribution in [-0.2, 0) is 9.53 Å². The number of aliphatic imine (C=N–C) groups is 1. The van der Waals surface area contributed by atoms with E-state index in [0.29, 0.717) is 22.2 Å². The van der Waals surface area contributed by atoms with E-state index in [-0.39, 0.29) is 17.2 Å². The molecule has 0 amide bonds. The monoisotopic (exact) mass is 516 g/mol. The Morgan fingerprint density at radius 1 is 1.00 bits per heavy atom. The van der Waals surface area contributed by atoms with E-state index in [2.05, 4.69) is 19.9 Å². The van der Waals surface area contributed by atoms with Gasteiger partial charge in [-0.25, -0.2) is 0 Å². The Morgan fingerprint density at radius 2 is 1.67 bits per heavy atom. The fourth-order valence-corrected chi connectivity index (χ4v) is 6.30. The quantitative estimate of drug-likeness (QED) is 0.246. The van der Waals surface area contributed by atoms with Crippen LogP contribution in [0.1, 0.15) is 49.5 Å². The number of halogens is 1. The second-order valence-electron chi connectivity index (χ2n) is 8.03. The standard InChI is InChI=1S/C25H27INO3/c1-4-30-23(28)17-26-20-14-22(16-25(2,3)15-20)27-21-12-10-19(11-13-21)24(29)18-8-6-5-7-9-18/h5-14H,4,15-17H2,1-3H3/q-1. The molecule has 0 radical (unpaired) electrons. The van der Waals surface area contributed by atoms with Crippen molar-refractivity contribution < 1.29 is 35.5 Å². The summed E-state index contributed by atoms with van der Waals surface area (Å²) in [7, 11) is 0. The van der Waals surface area contributed by atoms with E-state index in [1.54, 1.807) is 0 Å². The van der Waals surface area contributed by atoms with Crippen molar-refractivity contribution in [2.45, 2.75) is 33.6 Å². The van der Waals surface area contributed by atoms with Gasteiger partial charge in [0.25, 0.3) is 0 Å². The fourth-order valence-electron chi connectivity index (χ4n) is 3.40. The van der Waals surface area contributed by atoms with Gasteiger partial charge in [-0.3, -0.25) is 0 Å². The van der Waals surface area contributed by atoms with E-state index < -0.39 is 21.2 Å². The molecule has 1 aliphatic carbocycles. The van der Waals surface area contributed by atoms with Crippen molar-refractivity contribution in [3.05, 3.63) is 75.4 Å². The number of ether oxygens (including phenoxy) is 1. The van der Waals surface area contributed by atoms with Gasteiger partial charge in [-0.1, -0.05) is 6.07 Å². The van der Waals surface area contributed by atoms with Crippen LogP contribution in [0.25, 0.3) is 0 Å². The van der Waals surface area contributed by atoms with Crippen LogP contribution >= 0.6 is 0 Å². The zero-order valence-corrected chi connectivity index (χ0v) is 19.8. The molecule has 4 nitrogen and oxygen atoms in total. The van der Waals surface area contributed by atoms with Crippen molar-refractivity contribution in [2.24, 2.45) is 10.4 Å². The zero-order chi connectivity index (χ0) is 21.6. The molecular formula is C25H27INO3-. The Bertz CT molecular complexity index is 960. The number of benzene rings is 2. The molecule has 0 saturated carbocycles. The average molecular weight is 516 g/mol. The van der Waals surface area contributed by atoms with Gasteiger partial charge in [-0.05, 0) is 0 Å². The Labute approximate surface area is 188 Å². The molecule has 2 aromatic carbocycles. The van der Waals surface area contributed by atoms with Gasteiger partial charge in [-0.2, -0.15) is 0 Å². The van der Waals surface area contributed by atoms with Crippen LogP contribution in [-0.4, -0.2) is 28.5 Å². The summed E-state index contributed by atoms with van der Waals surface area (Å²) in [6, 6.07) is 16.7. The van der Waals surface area contributed by atoms with Crippen LogP contribution < -0.4 is 21.2 Å². The van der Waals surface area contributed by atoms with Gasteiger partial charge >= 0.3 is 183 Å². The predicted octanol–water partition coefficient (Wildman–Crippen LogP) is 2.35. The summed E-state index contributed by atoms with van der Waals surface area (Å²) in [5, 5.41) is 0. The van der Waals surface area contributed by atoms with E-state index in [0.717, 1.165) is 24.2 Å². The molecule has 0 saturated heterocycles. The summed E-state index contributed by atoms with van der Waals surface area (Å²) in [6.07, 6.45) is 4.06. The summed E-state index contributed by atoms with van der Waals surface area (Å²) in [6.45, 7) is 6.75. The molecule has 0 atom stereocenters. The van der Waals surface area contributed by atoms with Crippen LogP contribution in [0.3, 0.4) is 0 Å². The molecule has 0 heterocycles. The molecule has 1 aliphatic rings. The van der Waals surface area contributed by atoms with E-state index >= 15 is 0 Å². The Morgan fingerprint density at radius 3 is 2.33 bits per heavy atom. The van der Waals surface area contributed by atoms with Crippen LogP contribution in [0.2, 0.25) is 0 Å². The van der Waals surface area contributed by atoms with E-state index in [4.69, 9.17) is 9.73 Å². The average Bonchev–Trinajstić information content (AvgIpc) is 2.72. The fraction of sp³-hybridized carbons (Fsp3) is 0.320. The molecule has 0 aromatic heterocycles. The van der Waals surface area contributed by atoms with Gasteiger partial charge in [0.2, 0.25) is 0 Å². The van der Waals surface area contributed by atoms with Gasteiger partial charge in [0.15, 0.2) is 0 Å². The van der Waals surface area contributed by atoms with Gasteiger partial charge in [0.1, 0.15) is 0 Å². The van der Waals surface area contributed by atoms with Crippen molar-refractivity contribution in [1.29, 1.82) is 0 Å². The van der Waals surface area contributed by atoms with E-state index in [1.807, 2.05) is 61.5 Å². The number of hydrogen-bond acceptors (Lipinski definition) is 4. The molecule has 3 rings (SSSR count). The maximum atomic E-state index is 12.6. The number of hydrogen-bond donors (Lipinski definition) is 0. The molecule has 0 fully saturated rings. The molecule has 0 aliphatic heterocycles. The van der Waals surface area contributed by atoms with Crippen molar-refractivity contribution in [3.8, 4) is 0 Å². The van der Waals surface area contributed by atoms with Crippen LogP contribution in [0, 0.1) is 5.41 Å². The van der Waals surface area contributed by atoms with Crippen molar-refractivity contribution >= 4 is 23.2 Å². The molecule has 0 unspecified atom stereocenters.